The van der Waals surface area contributed by atoms with Gasteiger partial charge >= 0.3 is 0 Å². The fourth-order valence-electron chi connectivity index (χ4n) is 2.29. The summed E-state index contributed by atoms with van der Waals surface area (Å²) < 4.78 is 1.92. The van der Waals surface area contributed by atoms with Crippen molar-refractivity contribution in [3.63, 3.8) is 0 Å². The van der Waals surface area contributed by atoms with Crippen molar-refractivity contribution in [3.8, 4) is 5.69 Å². The molecule has 2 aromatic rings. The van der Waals surface area contributed by atoms with Crippen LogP contribution in [0, 0.1) is 20.8 Å². The van der Waals surface area contributed by atoms with E-state index in [-0.39, 0.29) is 11.8 Å². The Balaban J connectivity index is 2.61. The lowest BCUT2D eigenvalue weighted by Gasteiger charge is -2.15. The standard InChI is InChI=1S/C16H16ClNO2/c1-10-4-5-14(11(2)6-10)18-9-13(8-16(17)20)15(19)7-12(18)3/h4-7,9H,8H2,1-3H3. The van der Waals surface area contributed by atoms with Gasteiger partial charge in [-0.25, -0.2) is 0 Å². The van der Waals surface area contributed by atoms with Gasteiger partial charge in [-0.05, 0) is 44.0 Å². The average Bonchev–Trinajstić information content (AvgIpc) is 2.33. The second-order valence-electron chi connectivity index (χ2n) is 5.00. The summed E-state index contributed by atoms with van der Waals surface area (Å²) in [5.41, 5.74) is 4.37. The van der Waals surface area contributed by atoms with Gasteiger partial charge in [-0.1, -0.05) is 17.7 Å². The van der Waals surface area contributed by atoms with E-state index in [1.165, 1.54) is 11.6 Å². The summed E-state index contributed by atoms with van der Waals surface area (Å²) in [6.45, 7) is 5.92. The molecule has 0 radical (unpaired) electrons. The summed E-state index contributed by atoms with van der Waals surface area (Å²) in [6.07, 6.45) is 1.65. The fourth-order valence-corrected chi connectivity index (χ4v) is 2.43. The molecule has 0 unspecified atom stereocenters. The number of aromatic nitrogens is 1. The van der Waals surface area contributed by atoms with Crippen LogP contribution in [0.3, 0.4) is 0 Å². The Morgan fingerprint density at radius 2 is 1.90 bits per heavy atom. The molecule has 0 bridgehead atoms. The second-order valence-corrected chi connectivity index (χ2v) is 5.42. The van der Waals surface area contributed by atoms with Crippen molar-refractivity contribution < 1.29 is 4.79 Å². The molecular weight excluding hydrogens is 274 g/mol. The molecule has 4 heteroatoms. The summed E-state index contributed by atoms with van der Waals surface area (Å²) in [5, 5.41) is -0.530. The van der Waals surface area contributed by atoms with Crippen molar-refractivity contribution in [1.82, 2.24) is 4.57 Å². The van der Waals surface area contributed by atoms with E-state index in [4.69, 9.17) is 11.6 Å². The average molecular weight is 290 g/mol. The summed E-state index contributed by atoms with van der Waals surface area (Å²) in [7, 11) is 0. The zero-order chi connectivity index (χ0) is 14.9. The van der Waals surface area contributed by atoms with Crippen LogP contribution in [0.25, 0.3) is 5.69 Å². The predicted molar refractivity (Wildman–Crippen MR) is 80.8 cm³/mol. The topological polar surface area (TPSA) is 39.1 Å². The van der Waals surface area contributed by atoms with E-state index < -0.39 is 5.24 Å². The van der Waals surface area contributed by atoms with Gasteiger partial charge < -0.3 is 4.57 Å². The molecule has 1 aromatic carbocycles. The van der Waals surface area contributed by atoms with E-state index >= 15 is 0 Å². The predicted octanol–water partition coefficient (Wildman–Crippen LogP) is 3.07. The molecule has 104 valence electrons. The van der Waals surface area contributed by atoms with E-state index in [0.717, 1.165) is 16.9 Å². The summed E-state index contributed by atoms with van der Waals surface area (Å²) >= 11 is 5.39. The molecule has 0 amide bonds. The van der Waals surface area contributed by atoms with Crippen LogP contribution < -0.4 is 5.43 Å². The molecule has 1 heterocycles. The molecule has 0 fully saturated rings. The van der Waals surface area contributed by atoms with Crippen molar-refractivity contribution >= 4 is 16.8 Å². The van der Waals surface area contributed by atoms with Gasteiger partial charge in [0.2, 0.25) is 5.24 Å². The van der Waals surface area contributed by atoms with Gasteiger partial charge in [-0.15, -0.1) is 0 Å². The first-order valence-electron chi connectivity index (χ1n) is 6.36. The third-order valence-electron chi connectivity index (χ3n) is 3.26. The number of rotatable bonds is 3. The first-order chi connectivity index (χ1) is 9.38. The van der Waals surface area contributed by atoms with Crippen molar-refractivity contribution in [1.29, 1.82) is 0 Å². The molecule has 1 aromatic heterocycles. The summed E-state index contributed by atoms with van der Waals surface area (Å²) in [5.74, 6) is 0. The fraction of sp³-hybridized carbons (Fsp3) is 0.250. The number of benzene rings is 1. The first-order valence-corrected chi connectivity index (χ1v) is 6.74. The van der Waals surface area contributed by atoms with Crippen molar-refractivity contribution in [2.24, 2.45) is 0 Å². The van der Waals surface area contributed by atoms with Gasteiger partial charge in [0.15, 0.2) is 5.43 Å². The summed E-state index contributed by atoms with van der Waals surface area (Å²) in [4.78, 5) is 22.9. The Morgan fingerprint density at radius 1 is 1.20 bits per heavy atom. The van der Waals surface area contributed by atoms with Crippen molar-refractivity contribution in [2.75, 3.05) is 0 Å². The highest BCUT2D eigenvalue weighted by Crippen LogP contribution is 2.17. The number of pyridine rings is 1. The van der Waals surface area contributed by atoms with Crippen LogP contribution in [-0.2, 0) is 11.2 Å². The molecule has 0 spiro atoms. The van der Waals surface area contributed by atoms with Gasteiger partial charge in [0, 0.05) is 29.2 Å². The highest BCUT2D eigenvalue weighted by Gasteiger charge is 2.10. The number of hydrogen-bond donors (Lipinski definition) is 0. The molecule has 0 saturated carbocycles. The molecular formula is C16H16ClNO2. The molecule has 2 rings (SSSR count). The number of aryl methyl sites for hydroxylation is 3. The molecule has 0 N–H and O–H groups in total. The highest BCUT2D eigenvalue weighted by atomic mass is 35.5. The van der Waals surface area contributed by atoms with Crippen LogP contribution >= 0.6 is 11.6 Å². The molecule has 20 heavy (non-hydrogen) atoms. The maximum Gasteiger partial charge on any atom is 0.226 e. The van der Waals surface area contributed by atoms with Crippen molar-refractivity contribution in [2.45, 2.75) is 27.2 Å². The lowest BCUT2D eigenvalue weighted by atomic mass is 10.1. The number of halogens is 1. The Labute approximate surface area is 122 Å². The lowest BCUT2D eigenvalue weighted by Crippen LogP contribution is -2.16. The van der Waals surface area contributed by atoms with Crippen LogP contribution in [0.1, 0.15) is 22.4 Å². The van der Waals surface area contributed by atoms with Crippen LogP contribution in [0.5, 0.6) is 0 Å². The van der Waals surface area contributed by atoms with Gasteiger partial charge in [0.25, 0.3) is 0 Å². The zero-order valence-corrected chi connectivity index (χ0v) is 12.5. The third kappa shape index (κ3) is 2.99. The van der Waals surface area contributed by atoms with Crippen LogP contribution in [0.2, 0.25) is 0 Å². The summed E-state index contributed by atoms with van der Waals surface area (Å²) in [6, 6.07) is 7.65. The first kappa shape index (κ1) is 14.5. The minimum absolute atomic E-state index is 0.0500. The van der Waals surface area contributed by atoms with E-state index in [1.807, 2.05) is 37.5 Å². The zero-order valence-electron chi connectivity index (χ0n) is 11.7. The minimum Gasteiger partial charge on any atom is -0.320 e. The Kier molecular flexibility index (Phi) is 4.09. The van der Waals surface area contributed by atoms with Crippen molar-refractivity contribution in [3.05, 3.63) is 63.1 Å². The van der Waals surface area contributed by atoms with Crippen LogP contribution in [0.15, 0.2) is 35.3 Å². The molecule has 0 saturated heterocycles. The smallest absolute Gasteiger partial charge is 0.226 e. The number of nitrogens with zero attached hydrogens (tertiary/aromatic N) is 1. The van der Waals surface area contributed by atoms with Crippen LogP contribution in [-0.4, -0.2) is 9.81 Å². The lowest BCUT2D eigenvalue weighted by molar-refractivity contribution is -0.111. The van der Waals surface area contributed by atoms with E-state index in [9.17, 15) is 9.59 Å². The number of carbonyl (C=O) groups is 1. The largest absolute Gasteiger partial charge is 0.320 e. The SMILES string of the molecule is Cc1ccc(-n2cc(CC(=O)Cl)c(=O)cc2C)c(C)c1. The maximum atomic E-state index is 11.9. The molecule has 0 aliphatic rings. The van der Waals surface area contributed by atoms with E-state index in [1.54, 1.807) is 6.20 Å². The van der Waals surface area contributed by atoms with Gasteiger partial charge in [-0.2, -0.15) is 0 Å². The molecule has 0 atom stereocenters. The number of carbonyl (C=O) groups excluding carboxylic acids is 1. The Hall–Kier alpha value is -1.87. The maximum absolute atomic E-state index is 11.9. The minimum atomic E-state index is -0.530. The second kappa shape index (κ2) is 5.63. The highest BCUT2D eigenvalue weighted by molar-refractivity contribution is 6.63. The Morgan fingerprint density at radius 3 is 2.50 bits per heavy atom. The normalized spacial score (nSPS) is 10.6. The molecule has 3 nitrogen and oxygen atoms in total. The molecule has 0 aliphatic carbocycles. The molecule has 0 aliphatic heterocycles. The van der Waals surface area contributed by atoms with Gasteiger partial charge in [-0.3, -0.25) is 9.59 Å². The monoisotopic (exact) mass is 289 g/mol. The Bertz CT molecular complexity index is 732. The van der Waals surface area contributed by atoms with Gasteiger partial charge in [0.1, 0.15) is 0 Å². The van der Waals surface area contributed by atoms with Gasteiger partial charge in [0.05, 0.1) is 6.42 Å². The van der Waals surface area contributed by atoms with Crippen LogP contribution in [0.4, 0.5) is 0 Å². The van der Waals surface area contributed by atoms with E-state index in [0.29, 0.717) is 5.56 Å². The third-order valence-corrected chi connectivity index (χ3v) is 3.40. The van der Waals surface area contributed by atoms with E-state index in [2.05, 4.69) is 6.07 Å². The quantitative estimate of drug-likeness (QED) is 0.815. The number of hydrogen-bond acceptors (Lipinski definition) is 2.